The number of methoxy groups -OCH3 is 2. The molecule has 1 aliphatic rings. The quantitative estimate of drug-likeness (QED) is 0.334. The third-order valence-electron chi connectivity index (χ3n) is 6.02. The van der Waals surface area contributed by atoms with Crippen LogP contribution in [0, 0.1) is 0 Å². The summed E-state index contributed by atoms with van der Waals surface area (Å²) in [5.41, 5.74) is 2.31. The maximum Gasteiger partial charge on any atom is 0.338 e. The van der Waals surface area contributed by atoms with Gasteiger partial charge in [-0.25, -0.2) is 14.6 Å². The number of unbranched alkanes of at least 4 members (excludes halogenated alkanes) is 1. The van der Waals surface area contributed by atoms with Crippen molar-refractivity contribution in [1.29, 1.82) is 0 Å². The minimum Gasteiger partial charge on any atom is -0.494 e. The van der Waals surface area contributed by atoms with E-state index in [4.69, 9.17) is 14.2 Å². The maximum atomic E-state index is 13.6. The number of ether oxygens (including phenoxy) is 3. The minimum atomic E-state index is -0.758. The van der Waals surface area contributed by atoms with Crippen molar-refractivity contribution in [2.24, 2.45) is 4.99 Å². The van der Waals surface area contributed by atoms with Crippen LogP contribution in [0.5, 0.6) is 5.75 Å². The van der Waals surface area contributed by atoms with E-state index < -0.39 is 18.0 Å². The second-order valence-corrected chi connectivity index (χ2v) is 9.47. The van der Waals surface area contributed by atoms with E-state index in [1.54, 1.807) is 37.3 Å². The first-order chi connectivity index (χ1) is 17.9. The van der Waals surface area contributed by atoms with Gasteiger partial charge in [-0.1, -0.05) is 48.9 Å². The number of carbonyl (C=O) groups excluding carboxylic acids is 2. The summed E-state index contributed by atoms with van der Waals surface area (Å²) in [6.45, 7) is 4.49. The van der Waals surface area contributed by atoms with Gasteiger partial charge in [0.25, 0.3) is 5.56 Å². The molecule has 1 aliphatic heterocycles. The van der Waals surface area contributed by atoms with E-state index in [-0.39, 0.29) is 11.1 Å². The van der Waals surface area contributed by atoms with Gasteiger partial charge in [-0.2, -0.15) is 0 Å². The topological polar surface area (TPSA) is 96.2 Å². The first kappa shape index (κ1) is 26.1. The Labute approximate surface area is 218 Å². The predicted octanol–water partition coefficient (Wildman–Crippen LogP) is 3.37. The number of thiazole rings is 1. The number of nitrogens with zero attached hydrogens (tertiary/aromatic N) is 2. The molecule has 0 saturated heterocycles. The molecule has 0 bridgehead atoms. The van der Waals surface area contributed by atoms with Gasteiger partial charge in [0.2, 0.25) is 0 Å². The molecule has 1 aromatic heterocycles. The number of hydrogen-bond acceptors (Lipinski definition) is 8. The second-order valence-electron chi connectivity index (χ2n) is 8.46. The fourth-order valence-electron chi connectivity index (χ4n) is 4.07. The summed E-state index contributed by atoms with van der Waals surface area (Å²) in [5.74, 6) is -0.269. The molecule has 0 aliphatic carbocycles. The van der Waals surface area contributed by atoms with Crippen molar-refractivity contribution in [2.45, 2.75) is 32.7 Å². The van der Waals surface area contributed by atoms with Crippen molar-refractivity contribution in [2.75, 3.05) is 20.8 Å². The Kier molecular flexibility index (Phi) is 8.03. The molecule has 1 unspecified atom stereocenters. The minimum absolute atomic E-state index is 0.265. The highest BCUT2D eigenvalue weighted by Crippen LogP contribution is 2.30. The Morgan fingerprint density at radius 1 is 1.03 bits per heavy atom. The number of allylic oxidation sites excluding steroid dienone is 1. The van der Waals surface area contributed by atoms with Crippen LogP contribution in [0.4, 0.5) is 0 Å². The van der Waals surface area contributed by atoms with Gasteiger partial charge >= 0.3 is 11.9 Å². The molecule has 0 saturated carbocycles. The van der Waals surface area contributed by atoms with Crippen LogP contribution >= 0.6 is 11.3 Å². The number of esters is 2. The molecule has 9 heteroatoms. The first-order valence-corrected chi connectivity index (χ1v) is 12.7. The van der Waals surface area contributed by atoms with Crippen LogP contribution in [-0.2, 0) is 14.3 Å². The molecule has 192 valence electrons. The molecular weight excluding hydrogens is 492 g/mol. The Morgan fingerprint density at radius 2 is 1.70 bits per heavy atom. The molecule has 0 N–H and O–H groups in total. The Balaban J connectivity index is 1.79. The maximum absolute atomic E-state index is 13.6. The van der Waals surface area contributed by atoms with Crippen molar-refractivity contribution in [1.82, 2.24) is 4.57 Å². The molecule has 1 atom stereocenters. The van der Waals surface area contributed by atoms with Crippen molar-refractivity contribution >= 4 is 29.4 Å². The fourth-order valence-corrected chi connectivity index (χ4v) is 5.12. The largest absolute Gasteiger partial charge is 0.494 e. The van der Waals surface area contributed by atoms with Gasteiger partial charge < -0.3 is 14.2 Å². The van der Waals surface area contributed by atoms with Crippen LogP contribution in [0.1, 0.15) is 54.2 Å². The lowest BCUT2D eigenvalue weighted by molar-refractivity contribution is -0.136. The summed E-state index contributed by atoms with van der Waals surface area (Å²) < 4.78 is 17.5. The van der Waals surface area contributed by atoms with E-state index in [2.05, 4.69) is 11.9 Å². The Morgan fingerprint density at radius 3 is 2.32 bits per heavy atom. The van der Waals surface area contributed by atoms with Gasteiger partial charge in [-0.15, -0.1) is 0 Å². The molecule has 0 spiro atoms. The van der Waals surface area contributed by atoms with Gasteiger partial charge in [0.15, 0.2) is 4.80 Å². The first-order valence-electron chi connectivity index (χ1n) is 11.9. The lowest BCUT2D eigenvalue weighted by atomic mass is 9.95. The molecule has 2 heterocycles. The van der Waals surface area contributed by atoms with Crippen LogP contribution in [0.15, 0.2) is 69.6 Å². The normalized spacial score (nSPS) is 15.1. The van der Waals surface area contributed by atoms with Gasteiger partial charge in [-0.05, 0) is 54.8 Å². The third kappa shape index (κ3) is 5.41. The van der Waals surface area contributed by atoms with Crippen LogP contribution in [0.2, 0.25) is 0 Å². The van der Waals surface area contributed by atoms with E-state index in [1.807, 2.05) is 24.3 Å². The SMILES string of the molecule is CCCCOc1ccc(C=c2sc3n(c2=O)C(c2ccc(C(=O)OC)cc2)C(C(=O)OC)=C(C)N=3)cc1. The van der Waals surface area contributed by atoms with Crippen molar-refractivity contribution < 1.29 is 23.8 Å². The average molecular weight is 521 g/mol. The molecule has 0 fully saturated rings. The Bertz CT molecular complexity index is 1510. The van der Waals surface area contributed by atoms with Crippen molar-refractivity contribution in [3.8, 4) is 5.75 Å². The summed E-state index contributed by atoms with van der Waals surface area (Å²) in [6.07, 6.45) is 3.85. The lowest BCUT2D eigenvalue weighted by Crippen LogP contribution is -2.39. The highest BCUT2D eigenvalue weighted by molar-refractivity contribution is 7.07. The molecule has 3 aromatic rings. The summed E-state index contributed by atoms with van der Waals surface area (Å²) in [7, 11) is 2.60. The van der Waals surface area contributed by atoms with E-state index in [0.29, 0.717) is 32.8 Å². The number of rotatable bonds is 8. The number of benzene rings is 2. The van der Waals surface area contributed by atoms with E-state index in [9.17, 15) is 14.4 Å². The smallest absolute Gasteiger partial charge is 0.338 e. The highest BCUT2D eigenvalue weighted by Gasteiger charge is 2.33. The Hall–Kier alpha value is -3.98. The number of carbonyl (C=O) groups is 2. The fraction of sp³-hybridized carbons (Fsp3) is 0.286. The van der Waals surface area contributed by atoms with Gasteiger partial charge in [0.05, 0.1) is 48.2 Å². The average Bonchev–Trinajstić information content (AvgIpc) is 3.22. The van der Waals surface area contributed by atoms with Crippen LogP contribution < -0.4 is 19.6 Å². The van der Waals surface area contributed by atoms with Crippen molar-refractivity contribution in [3.05, 3.63) is 96.2 Å². The highest BCUT2D eigenvalue weighted by atomic mass is 32.1. The number of fused-ring (bicyclic) bond motifs is 1. The van der Waals surface area contributed by atoms with Crippen LogP contribution in [-0.4, -0.2) is 37.3 Å². The number of aromatic nitrogens is 1. The summed E-state index contributed by atoms with van der Waals surface area (Å²) in [5, 5.41) is 0. The zero-order valence-electron chi connectivity index (χ0n) is 21.1. The zero-order valence-corrected chi connectivity index (χ0v) is 22.0. The predicted molar refractivity (Wildman–Crippen MR) is 140 cm³/mol. The molecule has 0 radical (unpaired) electrons. The van der Waals surface area contributed by atoms with E-state index in [0.717, 1.165) is 24.2 Å². The standard InChI is InChI=1S/C28H28N2O6S/c1-5-6-15-36-21-13-7-18(8-14-21)16-22-25(31)30-24(19-9-11-20(12-10-19)26(32)34-3)23(27(33)35-4)17(2)29-28(30)37-22/h7-14,16,24H,5-6,15H2,1-4H3. The van der Waals surface area contributed by atoms with Crippen LogP contribution in [0.3, 0.4) is 0 Å². The van der Waals surface area contributed by atoms with E-state index >= 15 is 0 Å². The summed E-state index contributed by atoms with van der Waals surface area (Å²) in [4.78, 5) is 43.4. The molecule has 2 aromatic carbocycles. The monoisotopic (exact) mass is 520 g/mol. The van der Waals surface area contributed by atoms with Gasteiger partial charge in [-0.3, -0.25) is 9.36 Å². The molecular formula is C28H28N2O6S. The zero-order chi connectivity index (χ0) is 26.5. The second kappa shape index (κ2) is 11.4. The summed E-state index contributed by atoms with van der Waals surface area (Å²) >= 11 is 1.25. The van der Waals surface area contributed by atoms with Gasteiger partial charge in [0.1, 0.15) is 5.75 Å². The third-order valence-corrected chi connectivity index (χ3v) is 7.00. The van der Waals surface area contributed by atoms with Crippen molar-refractivity contribution in [3.63, 3.8) is 0 Å². The summed E-state index contributed by atoms with van der Waals surface area (Å²) in [6, 6.07) is 13.4. The van der Waals surface area contributed by atoms with Gasteiger partial charge in [0, 0.05) is 0 Å². The lowest BCUT2D eigenvalue weighted by Gasteiger charge is -2.24. The van der Waals surface area contributed by atoms with Crippen LogP contribution in [0.25, 0.3) is 6.08 Å². The molecule has 0 amide bonds. The molecule has 37 heavy (non-hydrogen) atoms. The van der Waals surface area contributed by atoms with E-state index in [1.165, 1.54) is 30.1 Å². The molecule has 8 nitrogen and oxygen atoms in total. The molecule has 4 rings (SSSR count). The number of hydrogen-bond donors (Lipinski definition) is 0.